The van der Waals surface area contributed by atoms with Crippen LogP contribution in [-0.2, 0) is 4.79 Å². The Labute approximate surface area is 137 Å². The van der Waals surface area contributed by atoms with E-state index < -0.39 is 0 Å². The van der Waals surface area contributed by atoms with Crippen LogP contribution in [0, 0.1) is 18.3 Å². The molecule has 0 aliphatic heterocycles. The first kappa shape index (κ1) is 15.1. The van der Waals surface area contributed by atoms with Gasteiger partial charge in [-0.1, -0.05) is 6.07 Å². The van der Waals surface area contributed by atoms with Gasteiger partial charge in [-0.05, 0) is 60.6 Å². The summed E-state index contributed by atoms with van der Waals surface area (Å²) in [4.78, 5) is 18.5. The van der Waals surface area contributed by atoms with E-state index in [2.05, 4.69) is 21.4 Å². The number of fused-ring (bicyclic) bond motifs is 1. The predicted molar refractivity (Wildman–Crippen MR) is 90.1 cm³/mol. The number of anilines is 1. The molecule has 0 bridgehead atoms. The fraction of sp³-hybridized carbons (Fsp3) is 0.118. The highest BCUT2D eigenvalue weighted by molar-refractivity contribution is 7.99. The molecule has 1 amide bonds. The number of rotatable bonds is 4. The first-order chi connectivity index (χ1) is 11.1. The first-order valence-electron chi connectivity index (χ1n) is 7.08. The Hall–Kier alpha value is -2.78. The second kappa shape index (κ2) is 6.55. The Kier molecular flexibility index (Phi) is 4.31. The van der Waals surface area contributed by atoms with E-state index in [-0.39, 0.29) is 5.91 Å². The molecule has 1 heterocycles. The Morgan fingerprint density at radius 3 is 2.83 bits per heavy atom. The van der Waals surface area contributed by atoms with E-state index in [1.54, 1.807) is 24.3 Å². The van der Waals surface area contributed by atoms with Gasteiger partial charge in [-0.15, -0.1) is 0 Å². The number of hydrogen-bond acceptors (Lipinski definition) is 3. The van der Waals surface area contributed by atoms with E-state index in [1.807, 2.05) is 25.1 Å². The number of hydrogen-bond donors (Lipinski definition) is 2. The molecule has 0 fully saturated rings. The Morgan fingerprint density at radius 2 is 2.09 bits per heavy atom. The molecular weight excluding hydrogens is 308 g/mol. The molecule has 0 aliphatic rings. The van der Waals surface area contributed by atoms with Gasteiger partial charge >= 0.3 is 5.16 Å². The van der Waals surface area contributed by atoms with Crippen LogP contribution in [0.25, 0.3) is 11.0 Å². The number of nitrogens with one attached hydrogen (secondary N) is 3. The van der Waals surface area contributed by atoms with E-state index in [1.165, 1.54) is 17.3 Å². The molecule has 0 saturated carbocycles. The van der Waals surface area contributed by atoms with Crippen molar-refractivity contribution in [3.05, 3.63) is 53.6 Å². The Bertz CT molecular complexity index is 893. The van der Waals surface area contributed by atoms with Crippen LogP contribution in [0.1, 0.15) is 11.1 Å². The first-order valence-corrected chi connectivity index (χ1v) is 8.07. The summed E-state index contributed by atoms with van der Waals surface area (Å²) >= 11 is 1.41. The number of carbonyl (C=O) groups is 1. The number of benzene rings is 2. The van der Waals surface area contributed by atoms with Crippen molar-refractivity contribution in [2.24, 2.45) is 0 Å². The molecule has 5 nitrogen and oxygen atoms in total. The zero-order valence-electron chi connectivity index (χ0n) is 12.5. The molecule has 0 aliphatic carbocycles. The van der Waals surface area contributed by atoms with Gasteiger partial charge in [-0.25, -0.2) is 9.97 Å². The smallest absolute Gasteiger partial charge is 0.315 e. The zero-order chi connectivity index (χ0) is 16.2. The van der Waals surface area contributed by atoms with Gasteiger partial charge in [0.1, 0.15) is 0 Å². The summed E-state index contributed by atoms with van der Waals surface area (Å²) in [5, 5.41) is 12.4. The minimum absolute atomic E-state index is 0.0945. The summed E-state index contributed by atoms with van der Waals surface area (Å²) in [6, 6.07) is 15.0. The van der Waals surface area contributed by atoms with E-state index in [4.69, 9.17) is 5.26 Å². The molecular formula is C17H15N4OS+. The summed E-state index contributed by atoms with van der Waals surface area (Å²) in [6.07, 6.45) is 0. The molecule has 0 spiro atoms. The van der Waals surface area contributed by atoms with Gasteiger partial charge in [0.15, 0.2) is 11.0 Å². The van der Waals surface area contributed by atoms with Crippen LogP contribution < -0.4 is 10.3 Å². The molecule has 3 aromatic rings. The van der Waals surface area contributed by atoms with E-state index in [0.29, 0.717) is 17.0 Å². The SMILES string of the molecule is Cc1ccc2[nH+]c(SCC(=O)Nc3ccc(C#N)cc3)[nH]c2c1. The van der Waals surface area contributed by atoms with Gasteiger partial charge in [0.25, 0.3) is 0 Å². The maximum absolute atomic E-state index is 12.0. The summed E-state index contributed by atoms with van der Waals surface area (Å²) in [5.41, 5.74) is 4.49. The summed E-state index contributed by atoms with van der Waals surface area (Å²) in [5.74, 6) is 0.199. The van der Waals surface area contributed by atoms with Crippen LogP contribution in [0.5, 0.6) is 0 Å². The van der Waals surface area contributed by atoms with Gasteiger partial charge in [-0.3, -0.25) is 4.79 Å². The molecule has 0 saturated heterocycles. The third-order valence-corrected chi connectivity index (χ3v) is 4.22. The monoisotopic (exact) mass is 323 g/mol. The van der Waals surface area contributed by atoms with Crippen molar-refractivity contribution in [2.75, 3.05) is 11.1 Å². The Morgan fingerprint density at radius 1 is 1.30 bits per heavy atom. The molecule has 114 valence electrons. The third-order valence-electron chi connectivity index (χ3n) is 3.32. The summed E-state index contributed by atoms with van der Waals surface area (Å²) in [6.45, 7) is 2.04. The highest BCUT2D eigenvalue weighted by Gasteiger charge is 2.12. The largest absolute Gasteiger partial charge is 0.325 e. The van der Waals surface area contributed by atoms with E-state index >= 15 is 0 Å². The fourth-order valence-electron chi connectivity index (χ4n) is 2.18. The van der Waals surface area contributed by atoms with Gasteiger partial charge < -0.3 is 5.32 Å². The number of thioether (sulfide) groups is 1. The molecule has 0 unspecified atom stereocenters. The standard InChI is InChI=1S/C17H14N4OS/c1-11-2-7-14-15(8-11)21-17(20-14)23-10-16(22)19-13-5-3-12(9-18)4-6-13/h2-8H,10H2,1H3,(H,19,22)(H,20,21)/p+1. The topological polar surface area (TPSA) is 82.8 Å². The zero-order valence-corrected chi connectivity index (χ0v) is 13.3. The number of nitrogens with zero attached hydrogens (tertiary/aromatic N) is 1. The van der Waals surface area contributed by atoms with Crippen LogP contribution in [0.4, 0.5) is 5.69 Å². The lowest BCUT2D eigenvalue weighted by Crippen LogP contribution is -2.15. The second-order valence-electron chi connectivity index (χ2n) is 5.15. The number of aromatic amines is 2. The van der Waals surface area contributed by atoms with Gasteiger partial charge in [0.2, 0.25) is 5.91 Å². The van der Waals surface area contributed by atoms with Gasteiger partial charge in [0, 0.05) is 5.69 Å². The number of H-pyrrole nitrogens is 2. The third kappa shape index (κ3) is 3.71. The Balaban J connectivity index is 1.60. The van der Waals surface area contributed by atoms with Crippen LogP contribution in [0.2, 0.25) is 0 Å². The van der Waals surface area contributed by atoms with E-state index in [0.717, 1.165) is 16.2 Å². The molecule has 0 radical (unpaired) electrons. The van der Waals surface area contributed by atoms with Crippen molar-refractivity contribution in [1.82, 2.24) is 4.98 Å². The molecule has 3 N–H and O–H groups in total. The number of aryl methyl sites for hydroxylation is 1. The fourth-order valence-corrected chi connectivity index (χ4v) is 2.89. The van der Waals surface area contributed by atoms with Gasteiger partial charge in [-0.2, -0.15) is 5.26 Å². The molecule has 2 aromatic carbocycles. The number of imidazole rings is 1. The van der Waals surface area contributed by atoms with Crippen LogP contribution >= 0.6 is 11.8 Å². The van der Waals surface area contributed by atoms with Crippen LogP contribution in [0.3, 0.4) is 0 Å². The predicted octanol–water partition coefficient (Wildman–Crippen LogP) is 2.89. The minimum Gasteiger partial charge on any atom is -0.325 e. The second-order valence-corrected chi connectivity index (χ2v) is 6.14. The summed E-state index contributed by atoms with van der Waals surface area (Å²) < 4.78 is 0. The van der Waals surface area contributed by atoms with Crippen molar-refractivity contribution in [1.29, 1.82) is 5.26 Å². The maximum atomic E-state index is 12.0. The lowest BCUT2D eigenvalue weighted by atomic mass is 10.2. The highest BCUT2D eigenvalue weighted by Crippen LogP contribution is 2.17. The van der Waals surface area contributed by atoms with Crippen molar-refractivity contribution in [3.63, 3.8) is 0 Å². The normalized spacial score (nSPS) is 10.4. The number of carbonyl (C=O) groups excluding carboxylic acids is 1. The molecule has 1 aromatic heterocycles. The van der Waals surface area contributed by atoms with Crippen molar-refractivity contribution in [3.8, 4) is 6.07 Å². The lowest BCUT2D eigenvalue weighted by Gasteiger charge is -2.03. The molecule has 0 atom stereocenters. The van der Waals surface area contributed by atoms with Crippen molar-refractivity contribution < 1.29 is 9.78 Å². The molecule has 6 heteroatoms. The average molecular weight is 323 g/mol. The quantitative estimate of drug-likeness (QED) is 0.724. The molecule has 23 heavy (non-hydrogen) atoms. The highest BCUT2D eigenvalue weighted by atomic mass is 32.2. The molecule has 3 rings (SSSR count). The van der Waals surface area contributed by atoms with Crippen molar-refractivity contribution >= 4 is 34.4 Å². The van der Waals surface area contributed by atoms with Crippen LogP contribution in [-0.4, -0.2) is 16.6 Å². The van der Waals surface area contributed by atoms with Gasteiger partial charge in [0.05, 0.1) is 17.4 Å². The summed E-state index contributed by atoms with van der Waals surface area (Å²) in [7, 11) is 0. The number of aromatic nitrogens is 2. The van der Waals surface area contributed by atoms with Crippen LogP contribution in [0.15, 0.2) is 47.6 Å². The minimum atomic E-state index is -0.0945. The number of nitriles is 1. The number of amides is 1. The lowest BCUT2D eigenvalue weighted by molar-refractivity contribution is -0.396. The maximum Gasteiger partial charge on any atom is 0.315 e. The average Bonchev–Trinajstić information content (AvgIpc) is 2.95. The van der Waals surface area contributed by atoms with Crippen molar-refractivity contribution in [2.45, 2.75) is 12.1 Å². The van der Waals surface area contributed by atoms with E-state index in [9.17, 15) is 4.79 Å².